The highest BCUT2D eigenvalue weighted by atomic mass is 35.5. The molecule has 0 bridgehead atoms. The van der Waals surface area contributed by atoms with Crippen LogP contribution >= 0.6 is 34.7 Å². The van der Waals surface area contributed by atoms with Crippen LogP contribution in [0.15, 0.2) is 0 Å². The lowest BCUT2D eigenvalue weighted by Crippen LogP contribution is -1.86. The van der Waals surface area contributed by atoms with Crippen LogP contribution in [-0.4, -0.2) is 21.8 Å². The third kappa shape index (κ3) is 2.36. The first kappa shape index (κ1) is 9.74. The molecule has 0 radical (unpaired) electrons. The van der Waals surface area contributed by atoms with Gasteiger partial charge in [0.05, 0.1) is 5.25 Å². The summed E-state index contributed by atoms with van der Waals surface area (Å²) in [5.41, 5.74) is 0. The molecule has 2 rings (SSSR count). The van der Waals surface area contributed by atoms with Crippen LogP contribution in [0.25, 0.3) is 0 Å². The minimum absolute atomic E-state index is 0.613. The zero-order valence-electron chi connectivity index (χ0n) is 7.20. The number of aromatic nitrogens is 2. The van der Waals surface area contributed by atoms with Crippen LogP contribution in [0.4, 0.5) is 0 Å². The summed E-state index contributed by atoms with van der Waals surface area (Å²) < 4.78 is 0. The second kappa shape index (κ2) is 4.62. The highest BCUT2D eigenvalue weighted by Crippen LogP contribution is 2.40. The highest BCUT2D eigenvalue weighted by molar-refractivity contribution is 7.99. The first-order chi connectivity index (χ1) is 6.40. The van der Waals surface area contributed by atoms with Crippen LogP contribution in [-0.2, 0) is 6.42 Å². The molecule has 2 heterocycles. The van der Waals surface area contributed by atoms with E-state index in [1.807, 2.05) is 11.8 Å². The number of hydrogen-bond donors (Lipinski definition) is 0. The van der Waals surface area contributed by atoms with Crippen molar-refractivity contribution in [1.29, 1.82) is 0 Å². The van der Waals surface area contributed by atoms with Gasteiger partial charge in [0.15, 0.2) is 0 Å². The molecule has 1 aromatic heterocycles. The minimum atomic E-state index is 0.613. The summed E-state index contributed by atoms with van der Waals surface area (Å²) in [6.07, 6.45) is 3.44. The number of rotatable bonds is 3. The molecule has 1 fully saturated rings. The second-order valence-corrected chi connectivity index (χ2v) is 5.76. The number of hydrogen-bond acceptors (Lipinski definition) is 4. The third-order valence-corrected chi connectivity index (χ3v) is 4.82. The summed E-state index contributed by atoms with van der Waals surface area (Å²) >= 11 is 9.37. The molecule has 1 aromatic rings. The van der Waals surface area contributed by atoms with Gasteiger partial charge >= 0.3 is 0 Å². The number of aryl methyl sites for hydroxylation is 1. The minimum Gasteiger partial charge on any atom is -0.151 e. The molecule has 1 saturated heterocycles. The normalized spacial score (nSPS) is 22.4. The van der Waals surface area contributed by atoms with E-state index in [4.69, 9.17) is 11.6 Å². The van der Waals surface area contributed by atoms with Gasteiger partial charge in [0.2, 0.25) is 0 Å². The summed E-state index contributed by atoms with van der Waals surface area (Å²) in [6.45, 7) is 0. The van der Waals surface area contributed by atoms with Gasteiger partial charge in [-0.05, 0) is 18.6 Å². The van der Waals surface area contributed by atoms with Crippen molar-refractivity contribution >= 4 is 34.7 Å². The van der Waals surface area contributed by atoms with Gasteiger partial charge in [-0.15, -0.1) is 33.1 Å². The van der Waals surface area contributed by atoms with Crippen LogP contribution in [0.2, 0.25) is 0 Å². The van der Waals surface area contributed by atoms with E-state index in [-0.39, 0.29) is 0 Å². The van der Waals surface area contributed by atoms with Crippen LogP contribution in [0.5, 0.6) is 0 Å². The van der Waals surface area contributed by atoms with Crippen LogP contribution in [0.3, 0.4) is 0 Å². The molecule has 0 aromatic carbocycles. The van der Waals surface area contributed by atoms with Crippen LogP contribution in [0, 0.1) is 0 Å². The molecular formula is C8H11ClN2S2. The summed E-state index contributed by atoms with van der Waals surface area (Å²) in [7, 11) is 0. The summed E-state index contributed by atoms with van der Waals surface area (Å²) in [5.74, 6) is 1.92. The molecule has 1 aliphatic heterocycles. The predicted octanol–water partition coefficient (Wildman–Crippen LogP) is 2.89. The average Bonchev–Trinajstić information content (AvgIpc) is 2.70. The second-order valence-electron chi connectivity index (χ2n) is 2.97. The Labute approximate surface area is 91.1 Å². The van der Waals surface area contributed by atoms with Crippen molar-refractivity contribution in [3.05, 3.63) is 10.0 Å². The maximum absolute atomic E-state index is 5.64. The first-order valence-corrected chi connectivity index (χ1v) is 6.80. The van der Waals surface area contributed by atoms with E-state index in [9.17, 15) is 0 Å². The molecular weight excluding hydrogens is 224 g/mol. The Morgan fingerprint density at radius 2 is 2.38 bits per heavy atom. The Kier molecular flexibility index (Phi) is 3.46. The molecule has 1 aliphatic rings. The van der Waals surface area contributed by atoms with Gasteiger partial charge in [0, 0.05) is 12.3 Å². The molecule has 13 heavy (non-hydrogen) atoms. The van der Waals surface area contributed by atoms with Crippen molar-refractivity contribution in [2.45, 2.75) is 24.5 Å². The lowest BCUT2D eigenvalue weighted by atomic mass is 10.3. The molecule has 72 valence electrons. The zero-order chi connectivity index (χ0) is 9.10. The van der Waals surface area contributed by atoms with E-state index < -0.39 is 0 Å². The maximum atomic E-state index is 5.64. The molecule has 0 aliphatic carbocycles. The SMILES string of the molecule is ClCCc1nnc(C2CCCS2)s1. The van der Waals surface area contributed by atoms with Crippen molar-refractivity contribution in [3.63, 3.8) is 0 Å². The van der Waals surface area contributed by atoms with Gasteiger partial charge in [0.25, 0.3) is 0 Å². The van der Waals surface area contributed by atoms with E-state index in [1.54, 1.807) is 11.3 Å². The van der Waals surface area contributed by atoms with Crippen molar-refractivity contribution in [3.8, 4) is 0 Å². The Morgan fingerprint density at radius 3 is 3.08 bits per heavy atom. The Balaban J connectivity index is 2.03. The lowest BCUT2D eigenvalue weighted by Gasteiger charge is -2.00. The Morgan fingerprint density at radius 1 is 1.46 bits per heavy atom. The highest BCUT2D eigenvalue weighted by Gasteiger charge is 2.21. The third-order valence-electron chi connectivity index (χ3n) is 2.00. The maximum Gasteiger partial charge on any atom is 0.130 e. The average molecular weight is 235 g/mol. The summed E-state index contributed by atoms with van der Waals surface area (Å²) in [6, 6.07) is 0. The van der Waals surface area contributed by atoms with Gasteiger partial charge in [-0.3, -0.25) is 0 Å². The molecule has 0 saturated carbocycles. The Hall–Kier alpha value is 0.200. The predicted molar refractivity (Wildman–Crippen MR) is 58.8 cm³/mol. The largest absolute Gasteiger partial charge is 0.151 e. The van der Waals surface area contributed by atoms with E-state index >= 15 is 0 Å². The lowest BCUT2D eigenvalue weighted by molar-refractivity contribution is 0.805. The smallest absolute Gasteiger partial charge is 0.130 e. The van der Waals surface area contributed by atoms with Crippen LogP contribution < -0.4 is 0 Å². The molecule has 0 amide bonds. The monoisotopic (exact) mass is 234 g/mol. The number of alkyl halides is 1. The number of thioether (sulfide) groups is 1. The van der Waals surface area contributed by atoms with Gasteiger partial charge < -0.3 is 0 Å². The zero-order valence-corrected chi connectivity index (χ0v) is 9.59. The molecule has 0 spiro atoms. The van der Waals surface area contributed by atoms with E-state index in [0.29, 0.717) is 11.1 Å². The fourth-order valence-electron chi connectivity index (χ4n) is 1.35. The quantitative estimate of drug-likeness (QED) is 0.753. The molecule has 5 heteroatoms. The first-order valence-electron chi connectivity index (χ1n) is 4.40. The standard InChI is InChI=1S/C8H11ClN2S2/c9-4-3-7-10-11-8(13-7)6-2-1-5-12-6/h6H,1-5H2. The van der Waals surface area contributed by atoms with Crippen molar-refractivity contribution in [1.82, 2.24) is 10.2 Å². The van der Waals surface area contributed by atoms with Crippen molar-refractivity contribution in [2.75, 3.05) is 11.6 Å². The van der Waals surface area contributed by atoms with Gasteiger partial charge in [0.1, 0.15) is 10.0 Å². The van der Waals surface area contributed by atoms with Gasteiger partial charge in [-0.1, -0.05) is 0 Å². The topological polar surface area (TPSA) is 25.8 Å². The molecule has 2 nitrogen and oxygen atoms in total. The van der Waals surface area contributed by atoms with E-state index in [0.717, 1.165) is 11.4 Å². The summed E-state index contributed by atoms with van der Waals surface area (Å²) in [5, 5.41) is 11.2. The van der Waals surface area contributed by atoms with Gasteiger partial charge in [-0.2, -0.15) is 11.8 Å². The van der Waals surface area contributed by atoms with Gasteiger partial charge in [-0.25, -0.2) is 0 Å². The van der Waals surface area contributed by atoms with E-state index in [1.165, 1.54) is 23.6 Å². The fourth-order valence-corrected chi connectivity index (χ4v) is 3.99. The molecule has 1 atom stereocenters. The Bertz CT molecular complexity index is 271. The number of halogens is 1. The molecule has 1 unspecified atom stereocenters. The van der Waals surface area contributed by atoms with Crippen molar-refractivity contribution < 1.29 is 0 Å². The van der Waals surface area contributed by atoms with E-state index in [2.05, 4.69) is 10.2 Å². The summed E-state index contributed by atoms with van der Waals surface area (Å²) in [4.78, 5) is 0. The van der Waals surface area contributed by atoms with Crippen LogP contribution in [0.1, 0.15) is 28.1 Å². The van der Waals surface area contributed by atoms with Crippen molar-refractivity contribution in [2.24, 2.45) is 0 Å². The number of nitrogens with zero attached hydrogens (tertiary/aromatic N) is 2. The fraction of sp³-hybridized carbons (Fsp3) is 0.750. The molecule has 0 N–H and O–H groups in total.